The van der Waals surface area contributed by atoms with Gasteiger partial charge in [-0.3, -0.25) is 24.5 Å². The number of nitro benzene ring substituents is 1. The maximum Gasteiger partial charge on any atom is 0.293 e. The minimum Gasteiger partial charge on any atom is -0.497 e. The number of hydrogen-bond donors (Lipinski definition) is 0. The van der Waals surface area contributed by atoms with Crippen molar-refractivity contribution in [2.75, 3.05) is 19.1 Å². The van der Waals surface area contributed by atoms with Crippen molar-refractivity contribution in [3.05, 3.63) is 165 Å². The van der Waals surface area contributed by atoms with E-state index in [1.807, 2.05) is 84.9 Å². The van der Waals surface area contributed by atoms with Crippen LogP contribution in [0.15, 0.2) is 127 Å². The van der Waals surface area contributed by atoms with Crippen molar-refractivity contribution in [1.29, 1.82) is 0 Å². The smallest absolute Gasteiger partial charge is 0.293 e. The number of ether oxygens (including phenoxy) is 2. The molecular formula is C42H32N2O7. The van der Waals surface area contributed by atoms with Gasteiger partial charge in [0.2, 0.25) is 11.8 Å². The first kappa shape index (κ1) is 31.9. The van der Waals surface area contributed by atoms with Crippen molar-refractivity contribution in [2.45, 2.75) is 17.8 Å². The second kappa shape index (κ2) is 11.6. The predicted molar refractivity (Wildman–Crippen MR) is 191 cm³/mol. The Morgan fingerprint density at radius 3 is 1.45 bits per heavy atom. The first-order valence-electron chi connectivity index (χ1n) is 16.5. The van der Waals surface area contributed by atoms with Crippen LogP contribution in [0.1, 0.15) is 27.8 Å². The van der Waals surface area contributed by atoms with Gasteiger partial charge in [0.25, 0.3) is 5.69 Å². The first-order chi connectivity index (χ1) is 24.7. The molecule has 1 aliphatic heterocycles. The lowest BCUT2D eigenvalue weighted by atomic mass is 9.59. The largest absolute Gasteiger partial charge is 0.497 e. The number of anilines is 1. The summed E-state index contributed by atoms with van der Waals surface area (Å²) in [5, 5.41) is 12.4. The molecule has 0 aromatic heterocycles. The third kappa shape index (κ3) is 4.18. The summed E-state index contributed by atoms with van der Waals surface area (Å²) in [7, 11) is 3.14. The molecule has 9 nitrogen and oxygen atoms in total. The number of nitro groups is 1. The molecule has 2 bridgehead atoms. The van der Waals surface area contributed by atoms with Crippen LogP contribution < -0.4 is 14.4 Å². The number of hydrogen-bond acceptors (Lipinski definition) is 7. The average Bonchev–Trinajstić information content (AvgIpc) is 3.67. The molecule has 252 valence electrons. The molecule has 8 rings (SSSR count). The Bertz CT molecular complexity index is 2160. The second-order valence-electron chi connectivity index (χ2n) is 13.1. The van der Waals surface area contributed by atoms with Crippen LogP contribution in [0.2, 0.25) is 0 Å². The summed E-state index contributed by atoms with van der Waals surface area (Å²) in [6, 6.07) is 37.4. The van der Waals surface area contributed by atoms with Crippen molar-refractivity contribution in [3.8, 4) is 11.5 Å². The number of rotatable bonds is 8. The quantitative estimate of drug-likeness (QED) is 0.0977. The number of methoxy groups -OCH3 is 2. The molecule has 0 unspecified atom stereocenters. The first-order valence-corrected chi connectivity index (χ1v) is 16.5. The molecule has 0 spiro atoms. The summed E-state index contributed by atoms with van der Waals surface area (Å²) in [6.07, 6.45) is 0. The number of nitrogens with zero attached hydrogens (tertiary/aromatic N) is 2. The normalized spacial score (nSPS) is 23.5. The van der Waals surface area contributed by atoms with E-state index in [9.17, 15) is 10.1 Å². The summed E-state index contributed by atoms with van der Waals surface area (Å²) < 4.78 is 11.0. The van der Waals surface area contributed by atoms with Gasteiger partial charge in [-0.15, -0.1) is 0 Å². The highest BCUT2D eigenvalue weighted by Crippen LogP contribution is 2.74. The number of carbonyl (C=O) groups excluding carboxylic acids is 3. The lowest BCUT2D eigenvalue weighted by Gasteiger charge is -2.39. The number of ketones is 1. The van der Waals surface area contributed by atoms with Crippen LogP contribution in [0.3, 0.4) is 0 Å². The monoisotopic (exact) mass is 676 g/mol. The molecule has 2 aliphatic carbocycles. The summed E-state index contributed by atoms with van der Waals surface area (Å²) in [5.41, 5.74) is 0.450. The van der Waals surface area contributed by atoms with Crippen LogP contribution in [0.4, 0.5) is 11.4 Å². The van der Waals surface area contributed by atoms with Gasteiger partial charge in [-0.05, 0) is 76.2 Å². The molecule has 51 heavy (non-hydrogen) atoms. The molecule has 2 fully saturated rings. The van der Waals surface area contributed by atoms with Gasteiger partial charge in [0.05, 0.1) is 41.8 Å². The number of carbonyl (C=O) groups is 3. The molecule has 1 heterocycles. The van der Waals surface area contributed by atoms with E-state index in [1.54, 1.807) is 51.5 Å². The molecule has 4 atom stereocenters. The van der Waals surface area contributed by atoms with Crippen molar-refractivity contribution >= 4 is 40.1 Å². The lowest BCUT2D eigenvalue weighted by Crippen LogP contribution is -2.45. The average molecular weight is 677 g/mol. The molecule has 5 aromatic carbocycles. The molecule has 0 radical (unpaired) electrons. The predicted octanol–water partition coefficient (Wildman–Crippen LogP) is 7.11. The SMILES string of the molecule is COc1ccc(C2=C(c3ccc(OC)cc3)[C@@]3(c4ccccc4)C(=O)[C@@]2(c2ccccc2)[C@@H]2C(=O)N(c4ccc(C)cc4[N+](=O)[O-])C(=O)[C@H]23)cc1. The third-order valence-corrected chi connectivity index (χ3v) is 10.8. The van der Waals surface area contributed by atoms with Crippen molar-refractivity contribution < 1.29 is 28.8 Å². The van der Waals surface area contributed by atoms with Gasteiger partial charge in [0.15, 0.2) is 5.78 Å². The second-order valence-corrected chi connectivity index (χ2v) is 13.1. The molecule has 1 saturated carbocycles. The molecule has 1 saturated heterocycles. The van der Waals surface area contributed by atoms with Crippen LogP contribution in [0, 0.1) is 28.9 Å². The zero-order valence-corrected chi connectivity index (χ0v) is 28.0. The van der Waals surface area contributed by atoms with Gasteiger partial charge in [-0.25, -0.2) is 4.90 Å². The standard InChI is InChI=1S/C42H32N2O7/c1-25-14-23-32(33(24-25)44(48)49)43-38(45)36-37(39(43)46)42(29-12-8-5-9-13-29)35(27-17-21-31(51-3)22-18-27)34(26-15-19-30(50-2)20-16-26)41(36,40(42)47)28-10-6-4-7-11-28/h4-24,36-37H,1-3H3/t36-,37-,41+,42+/m0/s1. The van der Waals surface area contributed by atoms with E-state index in [0.29, 0.717) is 50.5 Å². The van der Waals surface area contributed by atoms with Gasteiger partial charge in [-0.1, -0.05) is 91.0 Å². The van der Waals surface area contributed by atoms with Crippen LogP contribution >= 0.6 is 0 Å². The highest BCUT2D eigenvalue weighted by atomic mass is 16.6. The topological polar surface area (TPSA) is 116 Å². The van der Waals surface area contributed by atoms with Crippen LogP contribution in [0.25, 0.3) is 11.1 Å². The molecular weight excluding hydrogens is 644 g/mol. The van der Waals surface area contributed by atoms with Gasteiger partial charge >= 0.3 is 0 Å². The van der Waals surface area contributed by atoms with E-state index in [2.05, 4.69) is 0 Å². The van der Waals surface area contributed by atoms with Crippen molar-refractivity contribution in [3.63, 3.8) is 0 Å². The zero-order chi connectivity index (χ0) is 35.7. The molecule has 9 heteroatoms. The van der Waals surface area contributed by atoms with Gasteiger partial charge in [0, 0.05) is 6.07 Å². The Morgan fingerprint density at radius 2 is 1.06 bits per heavy atom. The van der Waals surface area contributed by atoms with E-state index in [-0.39, 0.29) is 17.2 Å². The Morgan fingerprint density at radius 1 is 0.627 bits per heavy atom. The summed E-state index contributed by atoms with van der Waals surface area (Å²) >= 11 is 0. The summed E-state index contributed by atoms with van der Waals surface area (Å²) in [6.45, 7) is 1.71. The highest BCUT2D eigenvalue weighted by molar-refractivity contribution is 6.39. The number of imide groups is 1. The number of fused-ring (bicyclic) bond motifs is 5. The fourth-order valence-electron chi connectivity index (χ4n) is 8.85. The van der Waals surface area contributed by atoms with Gasteiger partial charge in [-0.2, -0.15) is 0 Å². The number of aryl methyl sites for hydroxylation is 1. The Labute approximate surface area is 293 Å². The van der Waals surface area contributed by atoms with E-state index in [4.69, 9.17) is 9.47 Å². The van der Waals surface area contributed by atoms with Crippen LogP contribution in [-0.4, -0.2) is 36.7 Å². The Kier molecular flexibility index (Phi) is 7.27. The fraction of sp³-hybridized carbons (Fsp3) is 0.167. The zero-order valence-electron chi connectivity index (χ0n) is 28.0. The molecule has 2 amide bonds. The number of amides is 2. The lowest BCUT2D eigenvalue weighted by molar-refractivity contribution is -0.384. The molecule has 0 N–H and O–H groups in total. The Hall–Kier alpha value is -6.35. The third-order valence-electron chi connectivity index (χ3n) is 10.8. The van der Waals surface area contributed by atoms with Crippen molar-refractivity contribution in [2.24, 2.45) is 11.8 Å². The summed E-state index contributed by atoms with van der Waals surface area (Å²) in [4.78, 5) is 59.3. The van der Waals surface area contributed by atoms with Gasteiger partial charge < -0.3 is 9.47 Å². The minimum absolute atomic E-state index is 0.120. The molecule has 5 aromatic rings. The van der Waals surface area contributed by atoms with E-state index >= 15 is 14.4 Å². The highest BCUT2D eigenvalue weighted by Gasteiger charge is 2.83. The molecule has 3 aliphatic rings. The fourth-order valence-corrected chi connectivity index (χ4v) is 8.85. The van der Waals surface area contributed by atoms with Crippen LogP contribution in [0.5, 0.6) is 11.5 Å². The van der Waals surface area contributed by atoms with Crippen LogP contribution in [-0.2, 0) is 25.2 Å². The van der Waals surface area contributed by atoms with E-state index in [0.717, 1.165) is 4.90 Å². The van der Waals surface area contributed by atoms with E-state index in [1.165, 1.54) is 12.1 Å². The Balaban J connectivity index is 1.54. The number of Topliss-reactive ketones (excluding diaryl/α,β-unsaturated/α-hetero) is 1. The maximum absolute atomic E-state index is 16.1. The maximum atomic E-state index is 16.1. The van der Waals surface area contributed by atoms with E-state index < -0.39 is 39.4 Å². The number of benzene rings is 5. The van der Waals surface area contributed by atoms with Crippen molar-refractivity contribution in [1.82, 2.24) is 0 Å². The minimum atomic E-state index is -1.66. The summed E-state index contributed by atoms with van der Waals surface area (Å²) in [5.74, 6) is -2.85. The number of allylic oxidation sites excluding steroid dienone is 2. The van der Waals surface area contributed by atoms with Gasteiger partial charge in [0.1, 0.15) is 17.2 Å².